The molecule has 0 saturated carbocycles. The summed E-state index contributed by atoms with van der Waals surface area (Å²) < 4.78 is 31.9. The zero-order valence-corrected chi connectivity index (χ0v) is 14.4. The van der Waals surface area contributed by atoms with Gasteiger partial charge < -0.3 is 14.0 Å². The zero-order valence-electron chi connectivity index (χ0n) is 14.4. The molecule has 3 rings (SSSR count). The summed E-state index contributed by atoms with van der Waals surface area (Å²) >= 11 is 0. The number of aromatic nitrogens is 1. The second-order valence-corrected chi connectivity index (χ2v) is 6.92. The van der Waals surface area contributed by atoms with Crippen molar-refractivity contribution >= 4 is 12.6 Å². The van der Waals surface area contributed by atoms with Crippen molar-refractivity contribution < 1.29 is 18.4 Å². The van der Waals surface area contributed by atoms with Gasteiger partial charge in [0.1, 0.15) is 18.2 Å². The molecule has 1 aromatic carbocycles. The van der Waals surface area contributed by atoms with E-state index in [0.717, 1.165) is 5.56 Å². The third-order valence-electron chi connectivity index (χ3n) is 4.61. The minimum Gasteiger partial charge on any atom is -0.489 e. The summed E-state index contributed by atoms with van der Waals surface area (Å²) in [6.45, 7) is 8.10. The summed E-state index contributed by atoms with van der Waals surface area (Å²) in [5.74, 6) is 0.0498. The van der Waals surface area contributed by atoms with Gasteiger partial charge in [-0.05, 0) is 39.8 Å². The largest absolute Gasteiger partial charge is 0.497 e. The maximum Gasteiger partial charge on any atom is 0.497 e. The summed E-state index contributed by atoms with van der Waals surface area (Å²) in [6, 6.07) is 8.47. The van der Waals surface area contributed by atoms with Crippen LogP contribution in [0.15, 0.2) is 42.7 Å². The highest BCUT2D eigenvalue weighted by atomic mass is 19.1. The molecule has 1 saturated heterocycles. The van der Waals surface area contributed by atoms with Crippen LogP contribution in [0.2, 0.25) is 0 Å². The number of benzene rings is 1. The highest BCUT2D eigenvalue weighted by Gasteiger charge is 2.52. The van der Waals surface area contributed by atoms with E-state index in [2.05, 4.69) is 4.98 Å². The molecule has 0 bridgehead atoms. The molecule has 0 aliphatic carbocycles. The van der Waals surface area contributed by atoms with Crippen molar-refractivity contribution in [1.82, 2.24) is 4.98 Å². The first-order valence-electron chi connectivity index (χ1n) is 7.95. The smallest absolute Gasteiger partial charge is 0.489 e. The molecule has 2 heterocycles. The average molecular weight is 345 g/mol. The fraction of sp³-hybridized carbons (Fsp3) is 0.421. The van der Waals surface area contributed by atoms with E-state index in [1.54, 1.807) is 24.5 Å². The first kappa shape index (κ1) is 19.4. The van der Waals surface area contributed by atoms with Crippen LogP contribution in [0.4, 0.5) is 4.39 Å². The van der Waals surface area contributed by atoms with Crippen LogP contribution in [0.25, 0.3) is 0 Å². The molecular weight excluding hydrogens is 320 g/mol. The van der Waals surface area contributed by atoms with Gasteiger partial charge in [0.2, 0.25) is 0 Å². The summed E-state index contributed by atoms with van der Waals surface area (Å²) in [5.41, 5.74) is 0.300. The Bertz CT molecular complexity index is 706. The second kappa shape index (κ2) is 7.14. The van der Waals surface area contributed by atoms with Crippen molar-refractivity contribution in [2.75, 3.05) is 0 Å². The van der Waals surface area contributed by atoms with Crippen LogP contribution in [0, 0.1) is 5.82 Å². The monoisotopic (exact) mass is 345 g/mol. The standard InChI is InChI=1S/C18H21BFNO3.CH4/c1-17(2)18(3,4)24-19(23-17)15-8-7-14(10-16(15)20)22-12-13-6-5-9-21-11-13;/h5-11H,12H2,1-4H3;1H4. The lowest BCUT2D eigenvalue weighted by atomic mass is 9.78. The van der Waals surface area contributed by atoms with Crippen LogP contribution >= 0.6 is 0 Å². The van der Waals surface area contributed by atoms with Crippen molar-refractivity contribution in [3.8, 4) is 5.75 Å². The fourth-order valence-corrected chi connectivity index (χ4v) is 2.41. The van der Waals surface area contributed by atoms with Crippen molar-refractivity contribution in [2.24, 2.45) is 0 Å². The van der Waals surface area contributed by atoms with Crippen LogP contribution in [0.1, 0.15) is 40.7 Å². The van der Waals surface area contributed by atoms with Gasteiger partial charge in [-0.25, -0.2) is 4.39 Å². The van der Waals surface area contributed by atoms with Gasteiger partial charge >= 0.3 is 7.12 Å². The third-order valence-corrected chi connectivity index (χ3v) is 4.61. The van der Waals surface area contributed by atoms with Crippen LogP contribution in [0.3, 0.4) is 0 Å². The van der Waals surface area contributed by atoms with Crippen molar-refractivity contribution in [3.05, 3.63) is 54.1 Å². The van der Waals surface area contributed by atoms with E-state index in [1.807, 2.05) is 39.8 Å². The molecule has 4 nitrogen and oxygen atoms in total. The highest BCUT2D eigenvalue weighted by molar-refractivity contribution is 6.62. The molecule has 1 aliphatic rings. The van der Waals surface area contributed by atoms with Crippen molar-refractivity contribution in [1.29, 1.82) is 0 Å². The minimum atomic E-state index is -0.720. The Balaban J connectivity index is 0.00000225. The SMILES string of the molecule is C.CC1(C)OB(c2ccc(OCc3cccnc3)cc2F)OC1(C)C. The molecule has 0 amide bonds. The second-order valence-electron chi connectivity index (χ2n) is 6.92. The molecule has 1 aliphatic heterocycles. The first-order chi connectivity index (χ1) is 11.3. The van der Waals surface area contributed by atoms with Gasteiger partial charge in [-0.2, -0.15) is 0 Å². The van der Waals surface area contributed by atoms with Crippen LogP contribution in [-0.2, 0) is 15.9 Å². The Morgan fingerprint density at radius 3 is 2.36 bits per heavy atom. The van der Waals surface area contributed by atoms with Crippen LogP contribution < -0.4 is 10.2 Å². The maximum absolute atomic E-state index is 14.5. The van der Waals surface area contributed by atoms with Crippen LogP contribution in [0.5, 0.6) is 5.75 Å². The van der Waals surface area contributed by atoms with Crippen LogP contribution in [-0.4, -0.2) is 23.3 Å². The number of halogens is 1. The first-order valence-corrected chi connectivity index (χ1v) is 7.95. The molecule has 0 radical (unpaired) electrons. The normalized spacial score (nSPS) is 17.9. The minimum absolute atomic E-state index is 0. The fourth-order valence-electron chi connectivity index (χ4n) is 2.41. The van der Waals surface area contributed by atoms with E-state index < -0.39 is 24.1 Å². The van der Waals surface area contributed by atoms with E-state index in [4.69, 9.17) is 14.0 Å². The summed E-state index contributed by atoms with van der Waals surface area (Å²) in [5, 5.41) is 0. The lowest BCUT2D eigenvalue weighted by molar-refractivity contribution is 0.00578. The molecule has 0 spiro atoms. The van der Waals surface area contributed by atoms with E-state index in [-0.39, 0.29) is 7.43 Å². The Morgan fingerprint density at radius 1 is 1.12 bits per heavy atom. The van der Waals surface area contributed by atoms with E-state index in [9.17, 15) is 4.39 Å². The van der Waals surface area contributed by atoms with Gasteiger partial charge in [0, 0.05) is 29.5 Å². The Kier molecular flexibility index (Phi) is 5.54. The molecular formula is C19H25BFNO3. The molecule has 1 fully saturated rings. The maximum atomic E-state index is 14.5. The lowest BCUT2D eigenvalue weighted by Crippen LogP contribution is -2.41. The molecule has 0 atom stereocenters. The number of hydrogen-bond acceptors (Lipinski definition) is 4. The summed E-state index contributed by atoms with van der Waals surface area (Å²) in [7, 11) is -0.720. The lowest BCUT2D eigenvalue weighted by Gasteiger charge is -2.32. The van der Waals surface area contributed by atoms with Crippen molar-refractivity contribution in [3.63, 3.8) is 0 Å². The summed E-state index contributed by atoms with van der Waals surface area (Å²) in [4.78, 5) is 4.02. The van der Waals surface area contributed by atoms with Gasteiger partial charge in [0.05, 0.1) is 11.2 Å². The average Bonchev–Trinajstić information content (AvgIpc) is 2.74. The highest BCUT2D eigenvalue weighted by Crippen LogP contribution is 2.36. The number of rotatable bonds is 4. The third kappa shape index (κ3) is 4.02. The Hall–Kier alpha value is -1.92. The van der Waals surface area contributed by atoms with Crippen molar-refractivity contribution in [2.45, 2.75) is 52.9 Å². The predicted molar refractivity (Wildman–Crippen MR) is 97.4 cm³/mol. The zero-order chi connectivity index (χ0) is 17.4. The Labute approximate surface area is 149 Å². The van der Waals surface area contributed by atoms with E-state index in [1.165, 1.54) is 6.07 Å². The number of pyridine rings is 1. The topological polar surface area (TPSA) is 40.6 Å². The van der Waals surface area contributed by atoms with E-state index in [0.29, 0.717) is 17.8 Å². The Morgan fingerprint density at radius 2 is 1.80 bits per heavy atom. The molecule has 134 valence electrons. The number of hydrogen-bond donors (Lipinski definition) is 0. The van der Waals surface area contributed by atoms with Gasteiger partial charge in [0.15, 0.2) is 0 Å². The van der Waals surface area contributed by atoms with Gasteiger partial charge in [-0.1, -0.05) is 19.6 Å². The van der Waals surface area contributed by atoms with Gasteiger partial charge in [-0.3, -0.25) is 4.98 Å². The number of ether oxygens (including phenoxy) is 1. The summed E-state index contributed by atoms with van der Waals surface area (Å²) in [6.07, 6.45) is 3.41. The molecule has 0 N–H and O–H groups in total. The number of nitrogens with zero attached hydrogens (tertiary/aromatic N) is 1. The molecule has 6 heteroatoms. The van der Waals surface area contributed by atoms with Gasteiger partial charge in [0.25, 0.3) is 0 Å². The van der Waals surface area contributed by atoms with E-state index >= 15 is 0 Å². The molecule has 1 aromatic heterocycles. The predicted octanol–water partition coefficient (Wildman–Crippen LogP) is 3.74. The molecule has 2 aromatic rings. The molecule has 25 heavy (non-hydrogen) atoms. The van der Waals surface area contributed by atoms with Gasteiger partial charge in [-0.15, -0.1) is 0 Å². The quantitative estimate of drug-likeness (QED) is 0.792. The molecule has 0 unspecified atom stereocenters.